The van der Waals surface area contributed by atoms with Gasteiger partial charge in [-0.2, -0.15) is 0 Å². The Kier molecular flexibility index (Phi) is 5.71. The number of nitrogens with zero attached hydrogens (tertiary/aromatic N) is 3. The van der Waals surface area contributed by atoms with Gasteiger partial charge >= 0.3 is 0 Å². The van der Waals surface area contributed by atoms with E-state index in [-0.39, 0.29) is 0 Å². The van der Waals surface area contributed by atoms with E-state index in [1.54, 1.807) is 19.5 Å². The highest BCUT2D eigenvalue weighted by Crippen LogP contribution is 2.22. The maximum atomic E-state index is 6.07. The topological polar surface area (TPSA) is 98.0 Å². The first-order valence-corrected chi connectivity index (χ1v) is 6.77. The van der Waals surface area contributed by atoms with Crippen LogP contribution in [0.1, 0.15) is 12.0 Å². The summed E-state index contributed by atoms with van der Waals surface area (Å²) in [7, 11) is 1.68. The molecule has 0 aliphatic heterocycles. The Morgan fingerprint density at radius 3 is 2.76 bits per heavy atom. The predicted molar refractivity (Wildman–Crippen MR) is 83.0 cm³/mol. The average molecular weight is 288 g/mol. The minimum Gasteiger partial charge on any atom is -0.393 e. The van der Waals surface area contributed by atoms with Crippen LogP contribution in [0.15, 0.2) is 30.9 Å². The van der Waals surface area contributed by atoms with Gasteiger partial charge < -0.3 is 21.1 Å². The molecule has 0 saturated heterocycles. The summed E-state index contributed by atoms with van der Waals surface area (Å²) in [5.74, 6) is 1.25. The zero-order valence-electron chi connectivity index (χ0n) is 12.0. The predicted octanol–water partition coefficient (Wildman–Crippen LogP) is 1.51. The average Bonchev–Trinajstić information content (AvgIpc) is 2.53. The Labute approximate surface area is 124 Å². The monoisotopic (exact) mass is 288 g/mol. The van der Waals surface area contributed by atoms with Crippen molar-refractivity contribution < 1.29 is 4.74 Å². The fourth-order valence-corrected chi connectivity index (χ4v) is 1.79. The fourth-order valence-electron chi connectivity index (χ4n) is 1.79. The molecule has 0 amide bonds. The van der Waals surface area contributed by atoms with E-state index < -0.39 is 0 Å². The van der Waals surface area contributed by atoms with E-state index >= 15 is 0 Å². The molecular weight excluding hydrogens is 268 g/mol. The van der Waals surface area contributed by atoms with Gasteiger partial charge in [0.2, 0.25) is 0 Å². The maximum absolute atomic E-state index is 6.07. The number of pyridine rings is 1. The highest BCUT2D eigenvalue weighted by Gasteiger charge is 2.07. The lowest BCUT2D eigenvalue weighted by molar-refractivity contribution is 0.198. The van der Waals surface area contributed by atoms with Crippen LogP contribution in [0.5, 0.6) is 0 Å². The largest absolute Gasteiger partial charge is 0.393 e. The van der Waals surface area contributed by atoms with Crippen LogP contribution in [-0.4, -0.2) is 35.2 Å². The van der Waals surface area contributed by atoms with E-state index in [0.29, 0.717) is 30.5 Å². The molecule has 0 unspecified atom stereocenters. The van der Waals surface area contributed by atoms with E-state index in [1.165, 1.54) is 6.33 Å². The van der Waals surface area contributed by atoms with Crippen LogP contribution in [0.3, 0.4) is 0 Å². The van der Waals surface area contributed by atoms with Gasteiger partial charge in [-0.15, -0.1) is 0 Å². The molecule has 21 heavy (non-hydrogen) atoms. The quantitative estimate of drug-likeness (QED) is 0.633. The highest BCUT2D eigenvalue weighted by molar-refractivity contribution is 5.73. The minimum absolute atomic E-state index is 0.513. The number of hydrogen-bond acceptors (Lipinski definition) is 7. The Morgan fingerprint density at radius 2 is 2.05 bits per heavy atom. The first-order chi connectivity index (χ1) is 10.3. The molecule has 4 N–H and O–H groups in total. The standard InChI is InChI=1S/C14H20N6O/c1-21-7-3-6-17-13-12(15)14(20-10-19-13)18-9-11-4-2-5-16-8-11/h2,4-5,8,10H,3,6-7,9,15H2,1H3,(H2,17,18,19,20). The summed E-state index contributed by atoms with van der Waals surface area (Å²) in [6.07, 6.45) is 5.91. The molecule has 112 valence electrons. The van der Waals surface area contributed by atoms with Crippen LogP contribution in [0.25, 0.3) is 0 Å². The number of methoxy groups -OCH3 is 1. The van der Waals surface area contributed by atoms with Crippen molar-refractivity contribution in [2.75, 3.05) is 36.6 Å². The second kappa shape index (κ2) is 8.01. The molecule has 0 fully saturated rings. The Hall–Kier alpha value is -2.41. The van der Waals surface area contributed by atoms with Gasteiger partial charge in [0.15, 0.2) is 11.6 Å². The van der Waals surface area contributed by atoms with Gasteiger partial charge in [-0.25, -0.2) is 9.97 Å². The van der Waals surface area contributed by atoms with Gasteiger partial charge in [0.1, 0.15) is 12.0 Å². The lowest BCUT2D eigenvalue weighted by atomic mass is 10.3. The highest BCUT2D eigenvalue weighted by atomic mass is 16.5. The first kappa shape index (κ1) is 15.0. The number of anilines is 3. The number of hydrogen-bond donors (Lipinski definition) is 3. The summed E-state index contributed by atoms with van der Waals surface area (Å²) in [4.78, 5) is 12.4. The number of nitrogens with one attached hydrogen (secondary N) is 2. The third kappa shape index (κ3) is 4.57. The summed E-state index contributed by atoms with van der Waals surface area (Å²) in [5.41, 5.74) is 7.64. The van der Waals surface area contributed by atoms with Crippen molar-refractivity contribution in [1.29, 1.82) is 0 Å². The molecule has 2 aromatic rings. The summed E-state index contributed by atoms with van der Waals surface area (Å²) in [6, 6.07) is 3.88. The molecule has 2 heterocycles. The number of aromatic nitrogens is 3. The molecule has 7 nitrogen and oxygen atoms in total. The van der Waals surface area contributed by atoms with Crippen molar-refractivity contribution in [2.24, 2.45) is 0 Å². The van der Waals surface area contributed by atoms with Gasteiger partial charge in [0.25, 0.3) is 0 Å². The minimum atomic E-state index is 0.513. The molecule has 0 spiro atoms. The van der Waals surface area contributed by atoms with Gasteiger partial charge in [0.05, 0.1) is 0 Å². The van der Waals surface area contributed by atoms with Gasteiger partial charge in [0, 0.05) is 39.2 Å². The summed E-state index contributed by atoms with van der Waals surface area (Å²) >= 11 is 0. The van der Waals surface area contributed by atoms with E-state index in [4.69, 9.17) is 10.5 Å². The van der Waals surface area contributed by atoms with Crippen LogP contribution in [0.2, 0.25) is 0 Å². The molecule has 2 rings (SSSR count). The third-order valence-corrected chi connectivity index (χ3v) is 2.88. The zero-order chi connectivity index (χ0) is 14.9. The first-order valence-electron chi connectivity index (χ1n) is 6.77. The smallest absolute Gasteiger partial charge is 0.155 e. The fraction of sp³-hybridized carbons (Fsp3) is 0.357. The number of rotatable bonds is 8. The van der Waals surface area contributed by atoms with E-state index in [9.17, 15) is 0 Å². The molecule has 0 radical (unpaired) electrons. The number of nitrogens with two attached hydrogens (primary N) is 1. The third-order valence-electron chi connectivity index (χ3n) is 2.88. The van der Waals surface area contributed by atoms with Crippen molar-refractivity contribution in [3.05, 3.63) is 36.4 Å². The van der Waals surface area contributed by atoms with E-state index in [2.05, 4.69) is 25.6 Å². The van der Waals surface area contributed by atoms with Crippen molar-refractivity contribution in [2.45, 2.75) is 13.0 Å². The van der Waals surface area contributed by atoms with Crippen molar-refractivity contribution in [3.63, 3.8) is 0 Å². The summed E-state index contributed by atoms with van der Waals surface area (Å²) < 4.78 is 5.00. The van der Waals surface area contributed by atoms with Crippen molar-refractivity contribution >= 4 is 17.3 Å². The molecular formula is C14H20N6O. The molecule has 0 aromatic carbocycles. The van der Waals surface area contributed by atoms with Crippen molar-refractivity contribution in [1.82, 2.24) is 15.0 Å². The summed E-state index contributed by atoms with van der Waals surface area (Å²) in [5, 5.41) is 6.37. The summed E-state index contributed by atoms with van der Waals surface area (Å²) in [6.45, 7) is 2.05. The molecule has 0 aliphatic carbocycles. The SMILES string of the molecule is COCCCNc1ncnc(NCc2cccnc2)c1N. The molecule has 7 heteroatoms. The molecule has 0 saturated carbocycles. The lowest BCUT2D eigenvalue weighted by Crippen LogP contribution is -2.11. The van der Waals surface area contributed by atoms with E-state index in [0.717, 1.165) is 18.5 Å². The van der Waals surface area contributed by atoms with Crippen LogP contribution in [-0.2, 0) is 11.3 Å². The number of nitrogen functional groups attached to an aromatic ring is 1. The van der Waals surface area contributed by atoms with Gasteiger partial charge in [-0.05, 0) is 18.1 Å². The Morgan fingerprint density at radius 1 is 1.24 bits per heavy atom. The van der Waals surface area contributed by atoms with Crippen LogP contribution >= 0.6 is 0 Å². The van der Waals surface area contributed by atoms with Crippen LogP contribution in [0.4, 0.5) is 17.3 Å². The second-order valence-corrected chi connectivity index (χ2v) is 4.47. The normalized spacial score (nSPS) is 10.3. The maximum Gasteiger partial charge on any atom is 0.155 e. The van der Waals surface area contributed by atoms with Crippen LogP contribution in [0, 0.1) is 0 Å². The second-order valence-electron chi connectivity index (χ2n) is 4.47. The van der Waals surface area contributed by atoms with Crippen LogP contribution < -0.4 is 16.4 Å². The lowest BCUT2D eigenvalue weighted by Gasteiger charge is -2.12. The van der Waals surface area contributed by atoms with E-state index in [1.807, 2.05) is 12.1 Å². The van der Waals surface area contributed by atoms with Crippen molar-refractivity contribution in [3.8, 4) is 0 Å². The molecule has 0 bridgehead atoms. The Balaban J connectivity index is 1.94. The van der Waals surface area contributed by atoms with Gasteiger partial charge in [-0.1, -0.05) is 6.07 Å². The molecule has 0 aliphatic rings. The molecule has 2 aromatic heterocycles. The van der Waals surface area contributed by atoms with Gasteiger partial charge in [-0.3, -0.25) is 4.98 Å². The zero-order valence-corrected chi connectivity index (χ0v) is 12.0. The Bertz CT molecular complexity index is 548. The number of ether oxygens (including phenoxy) is 1. The molecule has 0 atom stereocenters.